The number of aliphatic hydroxyl groups excluding tert-OH is 1. The maximum atomic E-state index is 12.5. The zero-order valence-corrected chi connectivity index (χ0v) is 13.8. The van der Waals surface area contributed by atoms with Crippen molar-refractivity contribution < 1.29 is 18.4 Å². The third kappa shape index (κ3) is 4.13. The number of halogens is 1. The van der Waals surface area contributed by atoms with E-state index in [9.17, 15) is 18.5 Å². The van der Waals surface area contributed by atoms with E-state index in [1.165, 1.54) is 30.3 Å². The molecule has 0 aliphatic carbocycles. The van der Waals surface area contributed by atoms with E-state index < -0.39 is 14.9 Å². The Hall–Kier alpha value is -2.36. The lowest BCUT2D eigenvalue weighted by Gasteiger charge is -2.14. The predicted octanol–water partition coefficient (Wildman–Crippen LogP) is 2.45. The highest BCUT2D eigenvalue weighted by atomic mass is 35.5. The van der Waals surface area contributed by atoms with Gasteiger partial charge in [0.05, 0.1) is 27.9 Å². The third-order valence-corrected chi connectivity index (χ3v) is 4.88. The standard InChI is InChI=1S/C14H14ClN3O5S/c15-11-3-1-2-4-14(11)24(22,23)17-13-9-10(18(20)21)5-6-12(13)16-7-8-19/h1-6,9,16-17,19H,7-8H2. The lowest BCUT2D eigenvalue weighted by atomic mass is 10.2. The van der Waals surface area contributed by atoms with Crippen LogP contribution in [0.2, 0.25) is 5.02 Å². The predicted molar refractivity (Wildman–Crippen MR) is 90.9 cm³/mol. The van der Waals surface area contributed by atoms with Crippen LogP contribution in [0.25, 0.3) is 0 Å². The van der Waals surface area contributed by atoms with E-state index in [2.05, 4.69) is 10.0 Å². The Morgan fingerprint density at radius 1 is 1.17 bits per heavy atom. The number of rotatable bonds is 7. The van der Waals surface area contributed by atoms with Crippen LogP contribution in [0.1, 0.15) is 0 Å². The Morgan fingerprint density at radius 2 is 1.88 bits per heavy atom. The molecule has 0 atom stereocenters. The van der Waals surface area contributed by atoms with Crippen molar-refractivity contribution in [2.24, 2.45) is 0 Å². The maximum Gasteiger partial charge on any atom is 0.271 e. The summed E-state index contributed by atoms with van der Waals surface area (Å²) in [5.74, 6) is 0. The summed E-state index contributed by atoms with van der Waals surface area (Å²) in [6.45, 7) is -0.0354. The minimum atomic E-state index is -4.04. The van der Waals surface area contributed by atoms with Crippen molar-refractivity contribution in [3.63, 3.8) is 0 Å². The number of hydrogen-bond donors (Lipinski definition) is 3. The van der Waals surface area contributed by atoms with E-state index in [0.29, 0.717) is 5.69 Å². The number of aliphatic hydroxyl groups is 1. The van der Waals surface area contributed by atoms with Gasteiger partial charge in [0, 0.05) is 18.7 Å². The summed E-state index contributed by atoms with van der Waals surface area (Å²) < 4.78 is 27.3. The first-order valence-corrected chi connectivity index (χ1v) is 8.62. The molecule has 2 rings (SSSR count). The quantitative estimate of drug-likeness (QED) is 0.507. The molecular formula is C14H14ClN3O5S. The minimum Gasteiger partial charge on any atom is -0.395 e. The Balaban J connectivity index is 2.44. The number of sulfonamides is 1. The van der Waals surface area contributed by atoms with Crippen LogP contribution >= 0.6 is 11.6 Å². The van der Waals surface area contributed by atoms with Gasteiger partial charge in [-0.25, -0.2) is 8.42 Å². The van der Waals surface area contributed by atoms with Gasteiger partial charge < -0.3 is 10.4 Å². The number of hydrogen-bond acceptors (Lipinski definition) is 6. The molecule has 0 fully saturated rings. The van der Waals surface area contributed by atoms with Crippen LogP contribution in [0.4, 0.5) is 17.1 Å². The molecule has 2 aromatic rings. The molecule has 0 spiro atoms. The molecule has 10 heteroatoms. The number of nitrogens with zero attached hydrogens (tertiary/aromatic N) is 1. The summed E-state index contributed by atoms with van der Waals surface area (Å²) in [7, 11) is -4.04. The third-order valence-electron chi connectivity index (χ3n) is 3.01. The number of nitro benzene ring substituents is 1. The largest absolute Gasteiger partial charge is 0.395 e. The summed E-state index contributed by atoms with van der Waals surface area (Å²) in [5.41, 5.74) is 0.00394. The molecule has 8 nitrogen and oxygen atoms in total. The number of benzene rings is 2. The van der Waals surface area contributed by atoms with Gasteiger partial charge in [0.2, 0.25) is 0 Å². The summed E-state index contributed by atoms with van der Waals surface area (Å²) >= 11 is 5.90. The first-order valence-electron chi connectivity index (χ1n) is 6.75. The second-order valence-electron chi connectivity index (χ2n) is 4.67. The lowest BCUT2D eigenvalue weighted by Crippen LogP contribution is -2.16. The van der Waals surface area contributed by atoms with Gasteiger partial charge in [-0.05, 0) is 18.2 Å². The van der Waals surface area contributed by atoms with Gasteiger partial charge in [0.25, 0.3) is 15.7 Å². The van der Waals surface area contributed by atoms with Gasteiger partial charge >= 0.3 is 0 Å². The SMILES string of the molecule is O=[N+]([O-])c1ccc(NCCO)c(NS(=O)(=O)c2ccccc2Cl)c1. The molecule has 0 heterocycles. The zero-order chi connectivity index (χ0) is 17.7. The number of nitrogens with one attached hydrogen (secondary N) is 2. The molecule has 0 aliphatic heterocycles. The van der Waals surface area contributed by atoms with Crippen molar-refractivity contribution in [2.75, 3.05) is 23.2 Å². The molecule has 0 unspecified atom stereocenters. The first kappa shape index (κ1) is 18.0. The normalized spacial score (nSPS) is 11.1. The molecule has 0 aliphatic rings. The smallest absolute Gasteiger partial charge is 0.271 e. The van der Waals surface area contributed by atoms with E-state index in [1.54, 1.807) is 6.07 Å². The number of nitro groups is 1. The topological polar surface area (TPSA) is 122 Å². The van der Waals surface area contributed by atoms with Gasteiger partial charge in [0.1, 0.15) is 4.90 Å². The van der Waals surface area contributed by atoms with E-state index in [0.717, 1.165) is 6.07 Å². The van der Waals surface area contributed by atoms with Crippen LogP contribution in [0.3, 0.4) is 0 Å². The van der Waals surface area contributed by atoms with Crippen molar-refractivity contribution in [1.29, 1.82) is 0 Å². The molecule has 0 amide bonds. The van der Waals surface area contributed by atoms with Gasteiger partial charge in [0.15, 0.2) is 0 Å². The highest BCUT2D eigenvalue weighted by molar-refractivity contribution is 7.92. The molecule has 0 aromatic heterocycles. The van der Waals surface area contributed by atoms with Crippen molar-refractivity contribution >= 4 is 38.7 Å². The van der Waals surface area contributed by atoms with Crippen LogP contribution in [-0.2, 0) is 10.0 Å². The molecule has 24 heavy (non-hydrogen) atoms. The summed E-state index contributed by atoms with van der Waals surface area (Å²) in [4.78, 5) is 10.1. The second-order valence-corrected chi connectivity index (χ2v) is 6.73. The average molecular weight is 372 g/mol. The average Bonchev–Trinajstić information content (AvgIpc) is 2.53. The second kappa shape index (κ2) is 7.47. The monoisotopic (exact) mass is 371 g/mol. The summed E-state index contributed by atoms with van der Waals surface area (Å²) in [6, 6.07) is 9.53. The lowest BCUT2D eigenvalue weighted by molar-refractivity contribution is -0.384. The van der Waals surface area contributed by atoms with Crippen LogP contribution in [0.15, 0.2) is 47.4 Å². The molecule has 0 saturated heterocycles. The molecule has 0 radical (unpaired) electrons. The van der Waals surface area contributed by atoms with Crippen molar-refractivity contribution in [3.8, 4) is 0 Å². The molecule has 0 saturated carbocycles. The van der Waals surface area contributed by atoms with Crippen molar-refractivity contribution in [3.05, 3.63) is 57.6 Å². The van der Waals surface area contributed by atoms with Crippen LogP contribution in [-0.4, -0.2) is 31.6 Å². The highest BCUT2D eigenvalue weighted by Crippen LogP contribution is 2.30. The Kier molecular flexibility index (Phi) is 5.60. The van der Waals surface area contributed by atoms with E-state index in [4.69, 9.17) is 16.7 Å². The number of anilines is 2. The van der Waals surface area contributed by atoms with Crippen molar-refractivity contribution in [2.45, 2.75) is 4.90 Å². The Labute approximate surface area is 143 Å². The van der Waals surface area contributed by atoms with E-state index >= 15 is 0 Å². The highest BCUT2D eigenvalue weighted by Gasteiger charge is 2.20. The molecule has 3 N–H and O–H groups in total. The fourth-order valence-electron chi connectivity index (χ4n) is 1.94. The maximum absolute atomic E-state index is 12.5. The van der Waals surface area contributed by atoms with Crippen LogP contribution < -0.4 is 10.0 Å². The Bertz CT molecular complexity index is 857. The fourth-order valence-corrected chi connectivity index (χ4v) is 3.53. The fraction of sp³-hybridized carbons (Fsp3) is 0.143. The van der Waals surface area contributed by atoms with Crippen molar-refractivity contribution in [1.82, 2.24) is 0 Å². The number of non-ortho nitro benzene ring substituents is 1. The molecule has 2 aromatic carbocycles. The van der Waals surface area contributed by atoms with E-state index in [1.807, 2.05) is 0 Å². The van der Waals surface area contributed by atoms with Gasteiger partial charge in [-0.3, -0.25) is 14.8 Å². The van der Waals surface area contributed by atoms with E-state index in [-0.39, 0.29) is 34.4 Å². The van der Waals surface area contributed by atoms with Crippen LogP contribution in [0.5, 0.6) is 0 Å². The molecular weight excluding hydrogens is 358 g/mol. The molecule has 0 bridgehead atoms. The minimum absolute atomic E-state index is 0.0161. The summed E-state index contributed by atoms with van der Waals surface area (Å²) in [6.07, 6.45) is 0. The summed E-state index contributed by atoms with van der Waals surface area (Å²) in [5, 5.41) is 22.6. The first-order chi connectivity index (χ1) is 11.3. The van der Waals surface area contributed by atoms with Gasteiger partial charge in [-0.2, -0.15) is 0 Å². The van der Waals surface area contributed by atoms with Gasteiger partial charge in [-0.1, -0.05) is 23.7 Å². The molecule has 128 valence electrons. The Morgan fingerprint density at radius 3 is 2.50 bits per heavy atom. The zero-order valence-electron chi connectivity index (χ0n) is 12.3. The van der Waals surface area contributed by atoms with Gasteiger partial charge in [-0.15, -0.1) is 0 Å². The van der Waals surface area contributed by atoms with Crippen LogP contribution in [0, 0.1) is 10.1 Å².